The van der Waals surface area contributed by atoms with Crippen LogP contribution in [0.25, 0.3) is 153 Å². The van der Waals surface area contributed by atoms with Gasteiger partial charge in [0.2, 0.25) is 0 Å². The molecule has 0 aliphatic rings. The maximum absolute atomic E-state index is 6.98. The van der Waals surface area contributed by atoms with Crippen molar-refractivity contribution in [2.24, 2.45) is 0 Å². The minimum Gasteiger partial charge on any atom is -0.456 e. The van der Waals surface area contributed by atoms with Crippen molar-refractivity contribution in [3.05, 3.63) is 242 Å². The van der Waals surface area contributed by atoms with Crippen molar-refractivity contribution in [2.45, 2.75) is 6.92 Å². The van der Waals surface area contributed by atoms with Gasteiger partial charge in [0.15, 0.2) is 22.3 Å². The molecule has 0 fully saturated rings. The molecule has 0 saturated heterocycles. The van der Waals surface area contributed by atoms with Crippen LogP contribution in [0.2, 0.25) is 0 Å². The van der Waals surface area contributed by atoms with Gasteiger partial charge in [-0.05, 0) is 132 Å². The zero-order valence-corrected chi connectivity index (χ0v) is 44.4. The molecule has 13 aromatic carbocycles. The smallest absolute Gasteiger partial charge is 0.159 e. The Kier molecular flexibility index (Phi) is 8.84. The summed E-state index contributed by atoms with van der Waals surface area (Å²) in [6, 6.07) is 82.7. The molecule has 0 atom stereocenters. The van der Waals surface area contributed by atoms with Gasteiger partial charge in [0.05, 0.1) is 22.7 Å². The van der Waals surface area contributed by atoms with Crippen molar-refractivity contribution in [1.82, 2.24) is 0 Å². The largest absolute Gasteiger partial charge is 0.456 e. The van der Waals surface area contributed by atoms with Crippen molar-refractivity contribution in [2.75, 3.05) is 9.80 Å². The standard InChI is InChI=1S/C75H42N2O6/c1-41-70-58-37-43-31-33-47(77(61-24-12-20-54-50-16-4-8-28-65(50)81-74(54)61)62-25-13-21-55-51-17-5-9-29-66(51)82-75(55)62)35-45(43)39-68(58)78-69(70)40-57-56-36-42-30-32-46(34-44(42)38-67(56)83-71(41)57)76(59-22-10-18-52-48-14-2-6-26-63(48)79-72(52)59)60-23-11-19-53-49-15-3-7-27-64(49)80-73(53)60/h2-40H,1H3. The van der Waals surface area contributed by atoms with E-state index in [4.69, 9.17) is 26.5 Å². The predicted octanol–water partition coefficient (Wildman–Crippen LogP) is 22.6. The number of fused-ring (bicyclic) bond motifs is 20. The lowest BCUT2D eigenvalue weighted by Gasteiger charge is -2.26. The van der Waals surface area contributed by atoms with Gasteiger partial charge in [-0.15, -0.1) is 0 Å². The normalized spacial score (nSPS) is 12.4. The fraction of sp³-hybridized carbons (Fsp3) is 0.0133. The number of benzene rings is 13. The number of furan rings is 6. The van der Waals surface area contributed by atoms with Gasteiger partial charge in [0, 0.05) is 81.6 Å². The summed E-state index contributed by atoms with van der Waals surface area (Å²) in [7, 11) is 0. The number of anilines is 6. The predicted molar refractivity (Wildman–Crippen MR) is 339 cm³/mol. The summed E-state index contributed by atoms with van der Waals surface area (Å²) in [5.74, 6) is 0. The molecule has 0 unspecified atom stereocenters. The van der Waals surface area contributed by atoms with Crippen LogP contribution >= 0.6 is 0 Å². The zero-order chi connectivity index (χ0) is 54.2. The molecule has 0 radical (unpaired) electrons. The van der Waals surface area contributed by atoms with Crippen molar-refractivity contribution in [1.29, 1.82) is 0 Å². The van der Waals surface area contributed by atoms with Crippen LogP contribution in [0.5, 0.6) is 0 Å². The lowest BCUT2D eigenvalue weighted by molar-refractivity contribution is 0.662. The number of hydrogen-bond donors (Lipinski definition) is 0. The van der Waals surface area contributed by atoms with Crippen LogP contribution in [0.15, 0.2) is 263 Å². The number of aryl methyl sites for hydroxylation is 1. The van der Waals surface area contributed by atoms with Crippen molar-refractivity contribution in [3.63, 3.8) is 0 Å². The summed E-state index contributed by atoms with van der Waals surface area (Å²) in [6.45, 7) is 2.15. The van der Waals surface area contributed by atoms with E-state index < -0.39 is 0 Å². The molecule has 0 spiro atoms. The van der Waals surface area contributed by atoms with E-state index in [0.717, 1.165) is 193 Å². The van der Waals surface area contributed by atoms with E-state index in [-0.39, 0.29) is 0 Å². The minimum atomic E-state index is 0.799. The SMILES string of the molecule is Cc1c2oc3cc4cc(N(c5cccc6c5oc5ccccc56)c5cccc6c5oc5ccccc56)ccc4cc3c2cc2oc3cc4cc(N(c5cccc6c5oc5ccccc56)c5cccc6c5oc5ccccc56)ccc4cc3c12. The highest BCUT2D eigenvalue weighted by Crippen LogP contribution is 2.50. The van der Waals surface area contributed by atoms with Gasteiger partial charge in [0.25, 0.3) is 0 Å². The Hall–Kier alpha value is -11.2. The van der Waals surface area contributed by atoms with Crippen molar-refractivity contribution >= 4 is 187 Å². The summed E-state index contributed by atoms with van der Waals surface area (Å²) in [4.78, 5) is 4.54. The second kappa shape index (κ2) is 16.4. The summed E-state index contributed by atoms with van der Waals surface area (Å²) >= 11 is 0. The third-order valence-corrected chi connectivity index (χ3v) is 17.3. The highest BCUT2D eigenvalue weighted by atomic mass is 16.4. The molecule has 388 valence electrons. The van der Waals surface area contributed by atoms with E-state index in [1.165, 1.54) is 0 Å². The Morgan fingerprint density at radius 1 is 0.229 bits per heavy atom. The average Bonchev–Trinajstić information content (AvgIpc) is 2.29. The first kappa shape index (κ1) is 44.6. The van der Waals surface area contributed by atoms with Gasteiger partial charge in [0.1, 0.15) is 44.7 Å². The van der Waals surface area contributed by atoms with E-state index in [9.17, 15) is 0 Å². The van der Waals surface area contributed by atoms with Gasteiger partial charge >= 0.3 is 0 Å². The van der Waals surface area contributed by atoms with Gasteiger partial charge in [-0.3, -0.25) is 0 Å². The Morgan fingerprint density at radius 3 is 1.01 bits per heavy atom. The van der Waals surface area contributed by atoms with Crippen molar-refractivity contribution in [3.8, 4) is 0 Å². The lowest BCUT2D eigenvalue weighted by atomic mass is 10.00. The van der Waals surface area contributed by atoms with Gasteiger partial charge in [-0.25, -0.2) is 0 Å². The van der Waals surface area contributed by atoms with Crippen LogP contribution < -0.4 is 9.80 Å². The Labute approximate surface area is 470 Å². The first-order chi connectivity index (χ1) is 41.0. The van der Waals surface area contributed by atoms with Gasteiger partial charge in [-0.2, -0.15) is 0 Å². The highest BCUT2D eigenvalue weighted by molar-refractivity contribution is 6.22. The van der Waals surface area contributed by atoms with Crippen LogP contribution in [0.3, 0.4) is 0 Å². The zero-order valence-electron chi connectivity index (χ0n) is 44.4. The summed E-state index contributed by atoms with van der Waals surface area (Å²) in [5.41, 5.74) is 16.4. The first-order valence-corrected chi connectivity index (χ1v) is 27.9. The van der Waals surface area contributed by atoms with Gasteiger partial charge < -0.3 is 36.3 Å². The Morgan fingerprint density at radius 2 is 0.590 bits per heavy atom. The topological polar surface area (TPSA) is 85.3 Å². The van der Waals surface area contributed by atoms with Crippen LogP contribution in [-0.4, -0.2) is 0 Å². The van der Waals surface area contributed by atoms with E-state index in [0.29, 0.717) is 0 Å². The number of hydrogen-bond acceptors (Lipinski definition) is 8. The molecule has 6 aromatic heterocycles. The van der Waals surface area contributed by atoms with E-state index in [2.05, 4.69) is 205 Å². The second-order valence-corrected chi connectivity index (χ2v) is 21.9. The molecule has 0 saturated carbocycles. The van der Waals surface area contributed by atoms with Crippen LogP contribution in [-0.2, 0) is 0 Å². The van der Waals surface area contributed by atoms with Crippen molar-refractivity contribution < 1.29 is 26.5 Å². The molecule has 0 N–H and O–H groups in total. The molecule has 0 amide bonds. The van der Waals surface area contributed by atoms with Crippen LogP contribution in [0.1, 0.15) is 5.56 Å². The highest BCUT2D eigenvalue weighted by Gasteiger charge is 2.27. The monoisotopic (exact) mass is 1070 g/mol. The fourth-order valence-electron chi connectivity index (χ4n) is 13.6. The average molecular weight is 1070 g/mol. The fourth-order valence-corrected chi connectivity index (χ4v) is 13.6. The Balaban J connectivity index is 0.755. The molecule has 83 heavy (non-hydrogen) atoms. The molecular formula is C75H42N2O6. The number of rotatable bonds is 6. The third kappa shape index (κ3) is 6.29. The van der Waals surface area contributed by atoms with Gasteiger partial charge in [-0.1, -0.05) is 133 Å². The molecule has 19 aromatic rings. The molecule has 19 rings (SSSR count). The summed E-state index contributed by atoms with van der Waals surface area (Å²) in [5, 5.41) is 16.8. The van der Waals surface area contributed by atoms with Crippen LogP contribution in [0.4, 0.5) is 34.1 Å². The molecular weight excluding hydrogens is 1020 g/mol. The quantitative estimate of drug-likeness (QED) is 0.163. The van der Waals surface area contributed by atoms with Crippen LogP contribution in [0, 0.1) is 6.92 Å². The Bertz CT molecular complexity index is 5530. The van der Waals surface area contributed by atoms with E-state index >= 15 is 0 Å². The molecule has 0 aliphatic carbocycles. The van der Waals surface area contributed by atoms with E-state index in [1.807, 2.05) is 48.5 Å². The third-order valence-electron chi connectivity index (χ3n) is 17.3. The number of nitrogens with zero attached hydrogens (tertiary/aromatic N) is 2. The molecule has 0 bridgehead atoms. The summed E-state index contributed by atoms with van der Waals surface area (Å²) < 4.78 is 40.8. The molecule has 0 aliphatic heterocycles. The minimum absolute atomic E-state index is 0.799. The lowest BCUT2D eigenvalue weighted by Crippen LogP contribution is -2.10. The first-order valence-electron chi connectivity index (χ1n) is 27.9. The molecule has 6 heterocycles. The number of para-hydroxylation sites is 8. The molecule has 8 heteroatoms. The van der Waals surface area contributed by atoms with E-state index in [1.54, 1.807) is 0 Å². The maximum atomic E-state index is 6.98. The molecule has 8 nitrogen and oxygen atoms in total. The summed E-state index contributed by atoms with van der Waals surface area (Å²) in [6.07, 6.45) is 0. The maximum Gasteiger partial charge on any atom is 0.159 e. The second-order valence-electron chi connectivity index (χ2n) is 21.9.